The van der Waals surface area contributed by atoms with E-state index in [1.54, 1.807) is 13.0 Å². The molecule has 1 aliphatic heterocycles. The number of halogens is 1. The van der Waals surface area contributed by atoms with E-state index in [0.29, 0.717) is 37.3 Å². The van der Waals surface area contributed by atoms with Crippen LogP contribution in [0.25, 0.3) is 0 Å². The monoisotopic (exact) mass is 262 g/mol. The lowest BCUT2D eigenvalue weighted by Gasteiger charge is -2.29. The van der Waals surface area contributed by atoms with E-state index in [1.807, 2.05) is 0 Å². The third kappa shape index (κ3) is 2.74. The number of anilines is 1. The van der Waals surface area contributed by atoms with Crippen molar-refractivity contribution in [2.45, 2.75) is 19.8 Å². The molecule has 0 unspecified atom stereocenters. The summed E-state index contributed by atoms with van der Waals surface area (Å²) in [5, 5.41) is 12.0. The Bertz CT molecular complexity index is 531. The first-order valence-corrected chi connectivity index (χ1v) is 6.14. The van der Waals surface area contributed by atoms with Crippen molar-refractivity contribution in [1.82, 2.24) is 0 Å². The standard InChI is InChI=1S/C14H15FN2O2/c1-10-8-11(2-3-12(10)15)17-13(18)14(9-16)4-6-19-7-5-14/h2-3,8H,4-7H2,1H3,(H,17,18). The second-order valence-electron chi connectivity index (χ2n) is 4.72. The van der Waals surface area contributed by atoms with Crippen LogP contribution in [0.1, 0.15) is 18.4 Å². The number of carbonyl (C=O) groups is 1. The first-order chi connectivity index (χ1) is 9.07. The quantitative estimate of drug-likeness (QED) is 0.890. The third-order valence-electron chi connectivity index (χ3n) is 3.41. The lowest BCUT2D eigenvalue weighted by atomic mass is 9.81. The molecule has 5 heteroatoms. The number of nitrogens with zero attached hydrogens (tertiary/aromatic N) is 1. The first kappa shape index (κ1) is 13.5. The van der Waals surface area contributed by atoms with Gasteiger partial charge in [0.1, 0.15) is 11.2 Å². The molecule has 1 amide bonds. The summed E-state index contributed by atoms with van der Waals surface area (Å²) in [6.45, 7) is 2.44. The summed E-state index contributed by atoms with van der Waals surface area (Å²) in [7, 11) is 0. The number of nitrogens with one attached hydrogen (secondary N) is 1. The number of hydrogen-bond donors (Lipinski definition) is 1. The van der Waals surface area contributed by atoms with Crippen molar-refractivity contribution in [3.63, 3.8) is 0 Å². The van der Waals surface area contributed by atoms with E-state index in [2.05, 4.69) is 11.4 Å². The second-order valence-corrected chi connectivity index (χ2v) is 4.72. The molecule has 1 fully saturated rings. The predicted octanol–water partition coefficient (Wildman–Crippen LogP) is 2.39. The maximum Gasteiger partial charge on any atom is 0.245 e. The number of rotatable bonds is 2. The van der Waals surface area contributed by atoms with Gasteiger partial charge in [0.25, 0.3) is 0 Å². The fourth-order valence-corrected chi connectivity index (χ4v) is 2.08. The normalized spacial score (nSPS) is 17.5. The smallest absolute Gasteiger partial charge is 0.245 e. The van der Waals surface area contributed by atoms with Crippen LogP contribution in [0.15, 0.2) is 18.2 Å². The Kier molecular flexibility index (Phi) is 3.82. The van der Waals surface area contributed by atoms with Crippen molar-refractivity contribution < 1.29 is 13.9 Å². The molecule has 0 aliphatic carbocycles. The zero-order valence-electron chi connectivity index (χ0n) is 10.7. The average molecular weight is 262 g/mol. The van der Waals surface area contributed by atoms with Gasteiger partial charge in [0.05, 0.1) is 6.07 Å². The molecule has 0 saturated carbocycles. The lowest BCUT2D eigenvalue weighted by molar-refractivity contribution is -0.126. The summed E-state index contributed by atoms with van der Waals surface area (Å²) in [6, 6.07) is 6.44. The molecule has 1 aromatic rings. The number of aryl methyl sites for hydroxylation is 1. The van der Waals surface area contributed by atoms with Gasteiger partial charge in [-0.15, -0.1) is 0 Å². The van der Waals surface area contributed by atoms with Crippen LogP contribution in [0.4, 0.5) is 10.1 Å². The third-order valence-corrected chi connectivity index (χ3v) is 3.41. The van der Waals surface area contributed by atoms with E-state index in [-0.39, 0.29) is 11.7 Å². The highest BCUT2D eigenvalue weighted by atomic mass is 19.1. The van der Waals surface area contributed by atoms with Crippen LogP contribution in [0.3, 0.4) is 0 Å². The Balaban J connectivity index is 2.15. The van der Waals surface area contributed by atoms with Gasteiger partial charge in [-0.2, -0.15) is 5.26 Å². The molecule has 1 N–H and O–H groups in total. The van der Waals surface area contributed by atoms with Gasteiger partial charge in [0, 0.05) is 18.9 Å². The van der Waals surface area contributed by atoms with E-state index in [0.717, 1.165) is 0 Å². The van der Waals surface area contributed by atoms with E-state index >= 15 is 0 Å². The van der Waals surface area contributed by atoms with E-state index in [1.165, 1.54) is 12.1 Å². The van der Waals surface area contributed by atoms with Gasteiger partial charge in [-0.3, -0.25) is 4.79 Å². The number of hydrogen-bond acceptors (Lipinski definition) is 3. The van der Waals surface area contributed by atoms with Crippen molar-refractivity contribution in [2.24, 2.45) is 5.41 Å². The largest absolute Gasteiger partial charge is 0.381 e. The van der Waals surface area contributed by atoms with Gasteiger partial charge in [-0.25, -0.2) is 4.39 Å². The molecule has 1 heterocycles. The van der Waals surface area contributed by atoms with Gasteiger partial charge < -0.3 is 10.1 Å². The van der Waals surface area contributed by atoms with E-state index in [4.69, 9.17) is 4.74 Å². The van der Waals surface area contributed by atoms with Crippen molar-refractivity contribution in [3.8, 4) is 6.07 Å². The van der Waals surface area contributed by atoms with Crippen LogP contribution >= 0.6 is 0 Å². The molecule has 0 spiro atoms. The van der Waals surface area contributed by atoms with Crippen molar-refractivity contribution in [2.75, 3.05) is 18.5 Å². The Hall–Kier alpha value is -1.93. The van der Waals surface area contributed by atoms with Crippen LogP contribution < -0.4 is 5.32 Å². The molecule has 100 valence electrons. The molecule has 0 atom stereocenters. The molecule has 1 aliphatic rings. The zero-order chi connectivity index (χ0) is 13.9. The minimum Gasteiger partial charge on any atom is -0.381 e. The number of benzene rings is 1. The van der Waals surface area contributed by atoms with Crippen LogP contribution in [0.2, 0.25) is 0 Å². The molecule has 2 rings (SSSR count). The number of nitriles is 1. The van der Waals surface area contributed by atoms with Gasteiger partial charge >= 0.3 is 0 Å². The Labute approximate surface area is 111 Å². The van der Waals surface area contributed by atoms with E-state index < -0.39 is 5.41 Å². The first-order valence-electron chi connectivity index (χ1n) is 6.14. The van der Waals surface area contributed by atoms with Gasteiger partial charge in [-0.1, -0.05) is 0 Å². The van der Waals surface area contributed by atoms with Crippen LogP contribution in [-0.4, -0.2) is 19.1 Å². The number of ether oxygens (including phenoxy) is 1. The fraction of sp³-hybridized carbons (Fsp3) is 0.429. The molecule has 1 saturated heterocycles. The summed E-state index contributed by atoms with van der Waals surface area (Å²) in [5.41, 5.74) is -0.0821. The Morgan fingerprint density at radius 3 is 2.74 bits per heavy atom. The minimum absolute atomic E-state index is 0.320. The predicted molar refractivity (Wildman–Crippen MR) is 67.9 cm³/mol. The molecule has 19 heavy (non-hydrogen) atoms. The van der Waals surface area contributed by atoms with Crippen molar-refractivity contribution >= 4 is 11.6 Å². The van der Waals surface area contributed by atoms with Gasteiger partial charge in [0.2, 0.25) is 5.91 Å². The molecular weight excluding hydrogens is 247 g/mol. The van der Waals surface area contributed by atoms with Crippen LogP contribution in [-0.2, 0) is 9.53 Å². The summed E-state index contributed by atoms with van der Waals surface area (Å²) >= 11 is 0. The number of amides is 1. The SMILES string of the molecule is Cc1cc(NC(=O)C2(C#N)CCOCC2)ccc1F. The highest BCUT2D eigenvalue weighted by molar-refractivity contribution is 5.97. The minimum atomic E-state index is -1.04. The Morgan fingerprint density at radius 1 is 1.47 bits per heavy atom. The fourth-order valence-electron chi connectivity index (χ4n) is 2.08. The molecule has 1 aromatic carbocycles. The molecular formula is C14H15FN2O2. The van der Waals surface area contributed by atoms with Crippen molar-refractivity contribution in [1.29, 1.82) is 5.26 Å². The van der Waals surface area contributed by atoms with Crippen LogP contribution in [0.5, 0.6) is 0 Å². The lowest BCUT2D eigenvalue weighted by Crippen LogP contribution is -2.39. The highest BCUT2D eigenvalue weighted by Crippen LogP contribution is 2.31. The maximum absolute atomic E-state index is 13.2. The molecule has 0 aromatic heterocycles. The number of carbonyl (C=O) groups excluding carboxylic acids is 1. The average Bonchev–Trinajstić information content (AvgIpc) is 2.43. The second kappa shape index (κ2) is 5.37. The molecule has 0 bridgehead atoms. The molecule has 4 nitrogen and oxygen atoms in total. The maximum atomic E-state index is 13.2. The topological polar surface area (TPSA) is 62.1 Å². The highest BCUT2D eigenvalue weighted by Gasteiger charge is 2.40. The Morgan fingerprint density at radius 2 is 2.16 bits per heavy atom. The van der Waals surface area contributed by atoms with Crippen molar-refractivity contribution in [3.05, 3.63) is 29.6 Å². The van der Waals surface area contributed by atoms with Crippen LogP contribution in [0, 0.1) is 29.5 Å². The zero-order valence-corrected chi connectivity index (χ0v) is 10.7. The molecule has 0 radical (unpaired) electrons. The summed E-state index contributed by atoms with van der Waals surface area (Å²) in [5.74, 6) is -0.664. The summed E-state index contributed by atoms with van der Waals surface area (Å²) in [4.78, 5) is 12.2. The van der Waals surface area contributed by atoms with Gasteiger partial charge in [0.15, 0.2) is 0 Å². The summed E-state index contributed by atoms with van der Waals surface area (Å²) < 4.78 is 18.3. The van der Waals surface area contributed by atoms with E-state index in [9.17, 15) is 14.4 Å². The van der Waals surface area contributed by atoms with Gasteiger partial charge in [-0.05, 0) is 43.5 Å². The summed E-state index contributed by atoms with van der Waals surface area (Å²) in [6.07, 6.45) is 0.769.